The van der Waals surface area contributed by atoms with Crippen molar-refractivity contribution in [1.82, 2.24) is 20.0 Å². The maximum absolute atomic E-state index is 12.3. The summed E-state index contributed by atoms with van der Waals surface area (Å²) < 4.78 is 1.66. The third kappa shape index (κ3) is 2.83. The Bertz CT molecular complexity index is 857. The summed E-state index contributed by atoms with van der Waals surface area (Å²) >= 11 is 0. The second-order valence-corrected chi connectivity index (χ2v) is 7.57. The van der Waals surface area contributed by atoms with Crippen LogP contribution in [0.4, 0.5) is 5.82 Å². The van der Waals surface area contributed by atoms with Crippen LogP contribution in [0.3, 0.4) is 0 Å². The second kappa shape index (κ2) is 5.93. The van der Waals surface area contributed by atoms with E-state index in [-0.39, 0.29) is 11.6 Å². The van der Waals surface area contributed by atoms with Crippen LogP contribution in [0.1, 0.15) is 55.0 Å². The van der Waals surface area contributed by atoms with Crippen LogP contribution >= 0.6 is 0 Å². The number of fused-ring (bicyclic) bond motifs is 1. The number of hydrogen-bond donors (Lipinski definition) is 0. The molecule has 0 aromatic carbocycles. The largest absolute Gasteiger partial charge is 0.350 e. The molecule has 1 aliphatic heterocycles. The molecule has 2 aromatic rings. The lowest BCUT2D eigenvalue weighted by Gasteiger charge is -2.26. The van der Waals surface area contributed by atoms with Gasteiger partial charge in [0.1, 0.15) is 0 Å². The van der Waals surface area contributed by atoms with Gasteiger partial charge >= 0.3 is 0 Å². The van der Waals surface area contributed by atoms with Gasteiger partial charge in [0.05, 0.1) is 24.0 Å². The molecule has 0 amide bonds. The van der Waals surface area contributed by atoms with Crippen molar-refractivity contribution in [3.63, 3.8) is 0 Å². The average molecular weight is 337 g/mol. The molecule has 2 aliphatic carbocycles. The fourth-order valence-electron chi connectivity index (χ4n) is 4.18. The summed E-state index contributed by atoms with van der Waals surface area (Å²) in [5.41, 5.74) is 3.58. The van der Waals surface area contributed by atoms with Gasteiger partial charge in [-0.1, -0.05) is 0 Å². The zero-order valence-corrected chi connectivity index (χ0v) is 14.4. The molecule has 2 fully saturated rings. The highest BCUT2D eigenvalue weighted by Crippen LogP contribution is 2.38. The molecular formula is C19H23N5O. The zero-order valence-electron chi connectivity index (χ0n) is 14.4. The molecule has 0 radical (unpaired) electrons. The maximum Gasteiger partial charge on any atom is 0.266 e. The van der Waals surface area contributed by atoms with E-state index in [0.717, 1.165) is 49.4 Å². The molecule has 2 aromatic heterocycles. The SMILES string of the molecule is O=c1ccc(C2CC2)nn1CC1CCCN1c1cc2c(nn1)CCC2. The predicted molar refractivity (Wildman–Crippen MR) is 94.9 cm³/mol. The van der Waals surface area contributed by atoms with E-state index in [9.17, 15) is 4.79 Å². The second-order valence-electron chi connectivity index (χ2n) is 7.57. The van der Waals surface area contributed by atoms with Crippen LogP contribution in [0.25, 0.3) is 0 Å². The van der Waals surface area contributed by atoms with Gasteiger partial charge < -0.3 is 4.90 Å². The lowest BCUT2D eigenvalue weighted by Crippen LogP contribution is -2.37. The van der Waals surface area contributed by atoms with E-state index in [4.69, 9.17) is 0 Å². The Balaban J connectivity index is 1.40. The third-order valence-corrected chi connectivity index (χ3v) is 5.74. The van der Waals surface area contributed by atoms with Crippen LogP contribution in [0.2, 0.25) is 0 Å². The molecule has 6 heteroatoms. The predicted octanol–water partition coefficient (Wildman–Crippen LogP) is 2.07. The van der Waals surface area contributed by atoms with Gasteiger partial charge in [-0.15, -0.1) is 5.10 Å². The third-order valence-electron chi connectivity index (χ3n) is 5.74. The van der Waals surface area contributed by atoms with Crippen molar-refractivity contribution in [3.8, 4) is 0 Å². The van der Waals surface area contributed by atoms with Crippen molar-refractivity contribution >= 4 is 5.82 Å². The quantitative estimate of drug-likeness (QED) is 0.854. The van der Waals surface area contributed by atoms with Gasteiger partial charge in [-0.05, 0) is 62.6 Å². The zero-order chi connectivity index (χ0) is 16.8. The fourth-order valence-corrected chi connectivity index (χ4v) is 4.18. The van der Waals surface area contributed by atoms with E-state index in [1.807, 2.05) is 6.07 Å². The topological polar surface area (TPSA) is 63.9 Å². The normalized spacial score (nSPS) is 22.4. The summed E-state index contributed by atoms with van der Waals surface area (Å²) in [6.45, 7) is 1.62. The van der Waals surface area contributed by atoms with E-state index in [0.29, 0.717) is 12.5 Å². The molecule has 0 bridgehead atoms. The Labute approximate surface area is 146 Å². The maximum atomic E-state index is 12.3. The Morgan fingerprint density at radius 1 is 1.08 bits per heavy atom. The van der Waals surface area contributed by atoms with Crippen molar-refractivity contribution in [1.29, 1.82) is 0 Å². The van der Waals surface area contributed by atoms with E-state index in [1.165, 1.54) is 24.8 Å². The van der Waals surface area contributed by atoms with Gasteiger partial charge in [-0.25, -0.2) is 4.68 Å². The highest BCUT2D eigenvalue weighted by molar-refractivity contribution is 5.44. The Hall–Kier alpha value is -2.24. The highest BCUT2D eigenvalue weighted by atomic mass is 16.1. The van der Waals surface area contributed by atoms with Gasteiger partial charge in [0, 0.05) is 18.5 Å². The van der Waals surface area contributed by atoms with E-state index >= 15 is 0 Å². The van der Waals surface area contributed by atoms with Gasteiger partial charge in [0.25, 0.3) is 5.56 Å². The van der Waals surface area contributed by atoms with Gasteiger partial charge in [0.15, 0.2) is 5.82 Å². The molecular weight excluding hydrogens is 314 g/mol. The molecule has 1 unspecified atom stereocenters. The number of rotatable bonds is 4. The van der Waals surface area contributed by atoms with E-state index in [1.54, 1.807) is 10.7 Å². The molecule has 1 atom stereocenters. The first kappa shape index (κ1) is 15.0. The molecule has 3 aliphatic rings. The minimum Gasteiger partial charge on any atom is -0.350 e. The van der Waals surface area contributed by atoms with Gasteiger partial charge in [-0.2, -0.15) is 10.2 Å². The van der Waals surface area contributed by atoms with Crippen LogP contribution in [-0.2, 0) is 19.4 Å². The van der Waals surface area contributed by atoms with Crippen LogP contribution in [0.15, 0.2) is 23.0 Å². The molecule has 5 rings (SSSR count). The molecule has 0 spiro atoms. The van der Waals surface area contributed by atoms with Crippen LogP contribution in [0.5, 0.6) is 0 Å². The van der Waals surface area contributed by atoms with E-state index < -0.39 is 0 Å². The summed E-state index contributed by atoms with van der Waals surface area (Å²) in [6, 6.07) is 6.06. The molecule has 130 valence electrons. The van der Waals surface area contributed by atoms with Crippen LogP contribution < -0.4 is 10.5 Å². The highest BCUT2D eigenvalue weighted by Gasteiger charge is 2.29. The van der Waals surface area contributed by atoms with Crippen LogP contribution in [0, 0.1) is 0 Å². The first-order chi connectivity index (χ1) is 12.3. The fraction of sp³-hybridized carbons (Fsp3) is 0.579. The average Bonchev–Trinajstić information content (AvgIpc) is 3.19. The van der Waals surface area contributed by atoms with Crippen molar-refractivity contribution < 1.29 is 0 Å². The summed E-state index contributed by atoms with van der Waals surface area (Å²) in [5.74, 6) is 1.53. The van der Waals surface area contributed by atoms with Crippen molar-refractivity contribution in [2.45, 2.75) is 63.5 Å². The van der Waals surface area contributed by atoms with E-state index in [2.05, 4.69) is 26.3 Å². The van der Waals surface area contributed by atoms with Crippen LogP contribution in [-0.4, -0.2) is 32.6 Å². The Morgan fingerprint density at radius 2 is 2.00 bits per heavy atom. The lowest BCUT2D eigenvalue weighted by molar-refractivity contribution is 0.480. The number of anilines is 1. The molecule has 25 heavy (non-hydrogen) atoms. The minimum atomic E-state index is -0.00344. The van der Waals surface area contributed by atoms with Crippen molar-refractivity contribution in [2.75, 3.05) is 11.4 Å². The summed E-state index contributed by atoms with van der Waals surface area (Å²) in [4.78, 5) is 14.6. The minimum absolute atomic E-state index is 0.00344. The number of nitrogens with zero attached hydrogens (tertiary/aromatic N) is 5. The Kier molecular flexibility index (Phi) is 3.57. The summed E-state index contributed by atoms with van der Waals surface area (Å²) in [5, 5.41) is 13.5. The standard InChI is InChI=1S/C19H23N5O/c25-19-9-8-17(13-6-7-13)22-24(19)12-15-4-2-10-23(15)18-11-14-3-1-5-16(14)20-21-18/h8-9,11,13,15H,1-7,10,12H2. The molecule has 0 N–H and O–H groups in total. The first-order valence-electron chi connectivity index (χ1n) is 9.48. The van der Waals surface area contributed by atoms with Gasteiger partial charge in [-0.3, -0.25) is 4.79 Å². The summed E-state index contributed by atoms with van der Waals surface area (Å²) in [6.07, 6.45) is 7.95. The first-order valence-corrected chi connectivity index (χ1v) is 9.48. The molecule has 3 heterocycles. The number of hydrogen-bond acceptors (Lipinski definition) is 5. The molecule has 1 saturated heterocycles. The van der Waals surface area contributed by atoms with Crippen molar-refractivity contribution in [2.24, 2.45) is 0 Å². The smallest absolute Gasteiger partial charge is 0.266 e. The number of aromatic nitrogens is 4. The lowest BCUT2D eigenvalue weighted by atomic mass is 10.2. The van der Waals surface area contributed by atoms with Gasteiger partial charge in [0.2, 0.25) is 0 Å². The molecule has 6 nitrogen and oxygen atoms in total. The Morgan fingerprint density at radius 3 is 2.88 bits per heavy atom. The van der Waals surface area contributed by atoms with Crippen molar-refractivity contribution in [3.05, 3.63) is 45.5 Å². The number of aryl methyl sites for hydroxylation is 2. The monoisotopic (exact) mass is 337 g/mol. The summed E-state index contributed by atoms with van der Waals surface area (Å²) in [7, 11) is 0. The molecule has 1 saturated carbocycles.